The lowest BCUT2D eigenvalue weighted by Gasteiger charge is -2.36. The molecule has 2 fully saturated rings. The van der Waals surface area contributed by atoms with Crippen LogP contribution in [0.15, 0.2) is 0 Å². The summed E-state index contributed by atoms with van der Waals surface area (Å²) in [5.41, 5.74) is 5.26. The highest BCUT2D eigenvalue weighted by Crippen LogP contribution is 2.36. The molecule has 2 aliphatic rings. The second kappa shape index (κ2) is 4.49. The Labute approximate surface area is 91.2 Å². The molecule has 4 heteroatoms. The van der Waals surface area contributed by atoms with Gasteiger partial charge in [-0.25, -0.2) is 0 Å². The number of nitrogens with zero attached hydrogens (tertiary/aromatic N) is 1. The summed E-state index contributed by atoms with van der Waals surface area (Å²) >= 11 is 0. The maximum absolute atomic E-state index is 11.1. The van der Waals surface area contributed by atoms with E-state index in [1.807, 2.05) is 0 Å². The summed E-state index contributed by atoms with van der Waals surface area (Å²) in [6.07, 6.45) is 5.14. The predicted octanol–water partition coefficient (Wildman–Crippen LogP) is -0.0659. The van der Waals surface area contributed by atoms with E-state index in [4.69, 9.17) is 5.73 Å². The number of carbonyl (C=O) groups is 1. The van der Waals surface area contributed by atoms with Crippen LogP contribution in [0.3, 0.4) is 0 Å². The number of hydrogen-bond acceptors (Lipinski definition) is 3. The fourth-order valence-electron chi connectivity index (χ4n) is 3.02. The van der Waals surface area contributed by atoms with Gasteiger partial charge in [0.05, 0.1) is 6.54 Å². The Morgan fingerprint density at radius 1 is 1.40 bits per heavy atom. The molecule has 2 rings (SSSR count). The number of fused-ring (bicyclic) bond motifs is 2. The number of piperidine rings is 1. The number of amides is 1. The van der Waals surface area contributed by atoms with Gasteiger partial charge in [-0.3, -0.25) is 4.79 Å². The first-order chi connectivity index (χ1) is 7.20. The Bertz CT molecular complexity index is 230. The minimum Gasteiger partial charge on any atom is -0.355 e. The second-order valence-corrected chi connectivity index (χ2v) is 4.90. The first-order valence-corrected chi connectivity index (χ1v) is 5.89. The van der Waals surface area contributed by atoms with Gasteiger partial charge in [0.25, 0.3) is 0 Å². The van der Waals surface area contributed by atoms with Crippen molar-refractivity contribution in [2.75, 3.05) is 20.1 Å². The van der Waals surface area contributed by atoms with Crippen molar-refractivity contribution in [3.8, 4) is 0 Å². The molecule has 0 radical (unpaired) electrons. The van der Waals surface area contributed by atoms with E-state index >= 15 is 0 Å². The van der Waals surface area contributed by atoms with Crippen LogP contribution in [-0.4, -0.2) is 43.0 Å². The van der Waals surface area contributed by atoms with Crippen LogP contribution in [-0.2, 0) is 4.79 Å². The third-order valence-corrected chi connectivity index (χ3v) is 3.97. The van der Waals surface area contributed by atoms with E-state index in [-0.39, 0.29) is 12.5 Å². The van der Waals surface area contributed by atoms with Crippen molar-refractivity contribution >= 4 is 5.91 Å². The Hall–Kier alpha value is -0.610. The molecule has 0 aromatic carbocycles. The van der Waals surface area contributed by atoms with Gasteiger partial charge in [0.1, 0.15) is 0 Å². The molecule has 2 saturated heterocycles. The molecule has 0 spiro atoms. The summed E-state index contributed by atoms with van der Waals surface area (Å²) in [6, 6.07) is 1.51. The fourth-order valence-corrected chi connectivity index (χ4v) is 3.02. The first-order valence-electron chi connectivity index (χ1n) is 5.89. The molecule has 2 bridgehead atoms. The minimum absolute atomic E-state index is 0.0266. The van der Waals surface area contributed by atoms with Crippen LogP contribution in [0.5, 0.6) is 0 Å². The number of nitrogens with two attached hydrogens (primary N) is 1. The van der Waals surface area contributed by atoms with Crippen molar-refractivity contribution in [2.45, 2.75) is 37.8 Å². The van der Waals surface area contributed by atoms with Crippen LogP contribution < -0.4 is 11.1 Å². The molecule has 15 heavy (non-hydrogen) atoms. The zero-order chi connectivity index (χ0) is 10.8. The molecule has 3 N–H and O–H groups in total. The lowest BCUT2D eigenvalue weighted by molar-refractivity contribution is -0.120. The topological polar surface area (TPSA) is 58.4 Å². The lowest BCUT2D eigenvalue weighted by Crippen LogP contribution is -2.44. The summed E-state index contributed by atoms with van der Waals surface area (Å²) in [6.45, 7) is 0.927. The van der Waals surface area contributed by atoms with Crippen LogP contribution in [0.4, 0.5) is 0 Å². The highest BCUT2D eigenvalue weighted by molar-refractivity contribution is 5.77. The first kappa shape index (κ1) is 10.9. The van der Waals surface area contributed by atoms with Crippen molar-refractivity contribution < 1.29 is 4.79 Å². The van der Waals surface area contributed by atoms with Crippen molar-refractivity contribution in [2.24, 2.45) is 11.7 Å². The Morgan fingerprint density at radius 2 is 2.00 bits per heavy atom. The van der Waals surface area contributed by atoms with Gasteiger partial charge in [0, 0.05) is 18.6 Å². The number of nitrogens with one attached hydrogen (secondary N) is 1. The third kappa shape index (κ3) is 2.32. The molecule has 0 aromatic heterocycles. The monoisotopic (exact) mass is 211 g/mol. The Kier molecular flexibility index (Phi) is 3.26. The van der Waals surface area contributed by atoms with Gasteiger partial charge in [-0.1, -0.05) is 0 Å². The molecular formula is C11H21N3O. The van der Waals surface area contributed by atoms with E-state index in [0.29, 0.717) is 5.92 Å². The molecular weight excluding hydrogens is 190 g/mol. The molecule has 0 unspecified atom stereocenters. The minimum atomic E-state index is -0.0266. The largest absolute Gasteiger partial charge is 0.355 e. The quantitative estimate of drug-likeness (QED) is 0.687. The van der Waals surface area contributed by atoms with Gasteiger partial charge in [-0.15, -0.1) is 0 Å². The average molecular weight is 211 g/mol. The molecule has 2 heterocycles. The molecule has 0 aromatic rings. The number of carbonyl (C=O) groups excluding carboxylic acids is 1. The van der Waals surface area contributed by atoms with Crippen LogP contribution in [0, 0.1) is 5.92 Å². The molecule has 2 atom stereocenters. The summed E-state index contributed by atoms with van der Waals surface area (Å²) in [7, 11) is 2.23. The SMILES string of the molecule is CN1[C@H]2CC[C@H]1CC(CNC(=O)CN)C2. The van der Waals surface area contributed by atoms with Gasteiger partial charge in [0.15, 0.2) is 0 Å². The van der Waals surface area contributed by atoms with E-state index in [0.717, 1.165) is 18.6 Å². The fraction of sp³-hybridized carbons (Fsp3) is 0.909. The molecule has 4 nitrogen and oxygen atoms in total. The Morgan fingerprint density at radius 3 is 2.53 bits per heavy atom. The average Bonchev–Trinajstić information content (AvgIpc) is 2.50. The summed E-state index contributed by atoms with van der Waals surface area (Å²) in [4.78, 5) is 13.6. The third-order valence-electron chi connectivity index (χ3n) is 3.97. The van der Waals surface area contributed by atoms with Gasteiger partial charge in [-0.05, 0) is 38.6 Å². The van der Waals surface area contributed by atoms with Crippen molar-refractivity contribution in [3.63, 3.8) is 0 Å². The summed E-state index contributed by atoms with van der Waals surface area (Å²) in [5.74, 6) is 0.635. The van der Waals surface area contributed by atoms with Crippen LogP contribution >= 0.6 is 0 Å². The maximum Gasteiger partial charge on any atom is 0.233 e. The smallest absolute Gasteiger partial charge is 0.233 e. The molecule has 1 amide bonds. The normalized spacial score (nSPS) is 35.5. The number of rotatable bonds is 3. The number of hydrogen-bond donors (Lipinski definition) is 2. The maximum atomic E-state index is 11.1. The van der Waals surface area contributed by atoms with E-state index in [1.165, 1.54) is 25.7 Å². The van der Waals surface area contributed by atoms with E-state index in [9.17, 15) is 4.79 Å². The van der Waals surface area contributed by atoms with E-state index < -0.39 is 0 Å². The zero-order valence-corrected chi connectivity index (χ0v) is 9.41. The van der Waals surface area contributed by atoms with Gasteiger partial charge in [-0.2, -0.15) is 0 Å². The summed E-state index contributed by atoms with van der Waals surface area (Å²) in [5, 5.41) is 2.90. The van der Waals surface area contributed by atoms with Gasteiger partial charge >= 0.3 is 0 Å². The predicted molar refractivity (Wildman–Crippen MR) is 59.4 cm³/mol. The zero-order valence-electron chi connectivity index (χ0n) is 9.41. The highest BCUT2D eigenvalue weighted by atomic mass is 16.1. The van der Waals surface area contributed by atoms with Gasteiger partial charge < -0.3 is 16.0 Å². The van der Waals surface area contributed by atoms with Crippen LogP contribution in [0.1, 0.15) is 25.7 Å². The molecule has 0 aliphatic carbocycles. The Balaban J connectivity index is 1.79. The van der Waals surface area contributed by atoms with Crippen LogP contribution in [0.2, 0.25) is 0 Å². The van der Waals surface area contributed by atoms with Crippen molar-refractivity contribution in [3.05, 3.63) is 0 Å². The molecule has 86 valence electrons. The van der Waals surface area contributed by atoms with Crippen LogP contribution in [0.25, 0.3) is 0 Å². The van der Waals surface area contributed by atoms with E-state index in [1.54, 1.807) is 0 Å². The molecule has 2 aliphatic heterocycles. The molecule has 0 saturated carbocycles. The lowest BCUT2D eigenvalue weighted by atomic mass is 9.91. The second-order valence-electron chi connectivity index (χ2n) is 4.90. The summed E-state index contributed by atoms with van der Waals surface area (Å²) < 4.78 is 0. The van der Waals surface area contributed by atoms with Crippen molar-refractivity contribution in [1.29, 1.82) is 0 Å². The highest BCUT2D eigenvalue weighted by Gasteiger charge is 2.38. The van der Waals surface area contributed by atoms with E-state index in [2.05, 4.69) is 17.3 Å². The van der Waals surface area contributed by atoms with Gasteiger partial charge in [0.2, 0.25) is 5.91 Å². The van der Waals surface area contributed by atoms with Crippen molar-refractivity contribution in [1.82, 2.24) is 10.2 Å². The standard InChI is InChI=1S/C11H21N3O/c1-14-9-2-3-10(14)5-8(4-9)7-13-11(15)6-12/h8-10H,2-7,12H2,1H3,(H,13,15)/t9-,10-/m0/s1.